The molecule has 0 amide bonds. The summed E-state index contributed by atoms with van der Waals surface area (Å²) in [4.78, 5) is 15.3. The van der Waals surface area contributed by atoms with Crippen LogP contribution in [0.2, 0.25) is 0 Å². The summed E-state index contributed by atoms with van der Waals surface area (Å²) >= 11 is 2.68. The third-order valence-electron chi connectivity index (χ3n) is 1.99. The lowest BCUT2D eigenvalue weighted by Gasteiger charge is -1.93. The van der Waals surface area contributed by atoms with E-state index in [4.69, 9.17) is 0 Å². The van der Waals surface area contributed by atoms with E-state index in [9.17, 15) is 4.79 Å². The number of hydrogen-bond donors (Lipinski definition) is 0. The number of pyridine rings is 1. The molecular weight excluding hydrogens is 367 g/mol. The van der Waals surface area contributed by atoms with Crippen molar-refractivity contribution in [1.82, 2.24) is 4.98 Å². The zero-order valence-electron chi connectivity index (χ0n) is 9.38. The smallest absolute Gasteiger partial charge is 0.192 e. The second-order valence-electron chi connectivity index (χ2n) is 3.34. The average molecular weight is 378 g/mol. The highest BCUT2D eigenvalue weighted by Crippen LogP contribution is 2.27. The van der Waals surface area contributed by atoms with Gasteiger partial charge in [-0.1, -0.05) is 0 Å². The first-order chi connectivity index (χ1) is 7.65. The molecule has 0 aliphatic rings. The zero-order chi connectivity index (χ0) is 11.5. The maximum atomic E-state index is 10.9. The SMILES string of the molecule is CC(=O)Sc1nc(-c2cc[n+](C)cc2)cs1.[I-]. The molecule has 17 heavy (non-hydrogen) atoms. The van der Waals surface area contributed by atoms with Gasteiger partial charge in [0.05, 0.1) is 5.69 Å². The Hall–Kier alpha value is -0.470. The maximum absolute atomic E-state index is 10.9. The van der Waals surface area contributed by atoms with Crippen LogP contribution < -0.4 is 28.5 Å². The van der Waals surface area contributed by atoms with Crippen molar-refractivity contribution in [3.05, 3.63) is 29.9 Å². The third kappa shape index (κ3) is 4.04. The highest BCUT2D eigenvalue weighted by molar-refractivity contribution is 8.14. The van der Waals surface area contributed by atoms with E-state index in [1.165, 1.54) is 23.1 Å². The first-order valence-corrected chi connectivity index (χ1v) is 6.44. The Balaban J connectivity index is 0.00000144. The van der Waals surface area contributed by atoms with Crippen molar-refractivity contribution in [1.29, 1.82) is 0 Å². The molecule has 0 N–H and O–H groups in total. The summed E-state index contributed by atoms with van der Waals surface area (Å²) in [6.07, 6.45) is 3.96. The van der Waals surface area contributed by atoms with E-state index < -0.39 is 0 Å². The lowest BCUT2D eigenvalue weighted by Crippen LogP contribution is -3.00. The van der Waals surface area contributed by atoms with Gasteiger partial charge in [-0.2, -0.15) is 0 Å². The number of nitrogens with zero attached hydrogens (tertiary/aromatic N) is 2. The first kappa shape index (κ1) is 14.6. The minimum absolute atomic E-state index is 0. The van der Waals surface area contributed by atoms with Crippen LogP contribution in [0.15, 0.2) is 34.2 Å². The number of aryl methyl sites for hydroxylation is 1. The summed E-state index contributed by atoms with van der Waals surface area (Å²) < 4.78 is 2.77. The molecule has 0 atom stereocenters. The van der Waals surface area contributed by atoms with Crippen LogP contribution in [-0.2, 0) is 11.8 Å². The number of halogens is 1. The fraction of sp³-hybridized carbons (Fsp3) is 0.182. The Morgan fingerprint density at radius 3 is 2.65 bits per heavy atom. The van der Waals surface area contributed by atoms with E-state index in [1.54, 1.807) is 6.92 Å². The van der Waals surface area contributed by atoms with Gasteiger partial charge in [-0.05, 0) is 11.8 Å². The van der Waals surface area contributed by atoms with Gasteiger partial charge in [0.25, 0.3) is 0 Å². The molecule has 0 aliphatic heterocycles. The third-order valence-corrected chi connectivity index (χ3v) is 3.71. The van der Waals surface area contributed by atoms with E-state index in [2.05, 4.69) is 4.98 Å². The summed E-state index contributed by atoms with van der Waals surface area (Å²) in [5.74, 6) is 0. The molecule has 0 unspecified atom stereocenters. The monoisotopic (exact) mass is 378 g/mol. The number of thioether (sulfide) groups is 1. The molecule has 0 spiro atoms. The molecular formula is C11H11IN2OS2. The van der Waals surface area contributed by atoms with Crippen LogP contribution in [0.1, 0.15) is 6.92 Å². The zero-order valence-corrected chi connectivity index (χ0v) is 13.2. The van der Waals surface area contributed by atoms with Crippen molar-refractivity contribution >= 4 is 28.2 Å². The van der Waals surface area contributed by atoms with Crippen LogP contribution >= 0.6 is 23.1 Å². The van der Waals surface area contributed by atoms with Crippen molar-refractivity contribution in [3.8, 4) is 11.3 Å². The summed E-state index contributed by atoms with van der Waals surface area (Å²) in [5, 5.41) is 2.04. The highest BCUT2D eigenvalue weighted by Gasteiger charge is 2.07. The molecule has 3 nitrogen and oxygen atoms in total. The van der Waals surface area contributed by atoms with Gasteiger partial charge in [0.15, 0.2) is 21.8 Å². The van der Waals surface area contributed by atoms with Crippen LogP contribution in [-0.4, -0.2) is 10.1 Å². The van der Waals surface area contributed by atoms with Crippen molar-refractivity contribution in [2.24, 2.45) is 7.05 Å². The minimum Gasteiger partial charge on any atom is -1.00 e. The van der Waals surface area contributed by atoms with Crippen molar-refractivity contribution in [2.45, 2.75) is 11.3 Å². The number of carbonyl (C=O) groups is 1. The van der Waals surface area contributed by atoms with Crippen molar-refractivity contribution < 1.29 is 33.3 Å². The predicted molar refractivity (Wildman–Crippen MR) is 65.3 cm³/mol. The number of thiazole rings is 1. The van der Waals surface area contributed by atoms with E-state index in [0.717, 1.165) is 15.6 Å². The molecule has 6 heteroatoms. The number of rotatable bonds is 2. The molecule has 2 rings (SSSR count). The molecule has 2 heterocycles. The Kier molecular flexibility index (Phi) is 5.54. The lowest BCUT2D eigenvalue weighted by atomic mass is 10.2. The standard InChI is InChI=1S/C11H11N2OS2.HI/c1-8(14)16-11-12-10(7-15-11)9-3-5-13(2)6-4-9;/h3-7H,1-2H3;1H/q+1;/p-1. The van der Waals surface area contributed by atoms with Crippen LogP contribution in [0.3, 0.4) is 0 Å². The molecule has 2 aromatic heterocycles. The van der Waals surface area contributed by atoms with E-state index in [-0.39, 0.29) is 29.1 Å². The molecule has 0 aliphatic carbocycles. The topological polar surface area (TPSA) is 33.8 Å². The summed E-state index contributed by atoms with van der Waals surface area (Å²) in [6.45, 7) is 1.55. The second kappa shape index (κ2) is 6.46. The average Bonchev–Trinajstić information content (AvgIpc) is 2.66. The van der Waals surface area contributed by atoms with Gasteiger partial charge in [0, 0.05) is 30.0 Å². The highest BCUT2D eigenvalue weighted by atomic mass is 127. The molecule has 0 radical (unpaired) electrons. The molecule has 90 valence electrons. The molecule has 0 saturated heterocycles. The van der Waals surface area contributed by atoms with Crippen molar-refractivity contribution in [2.75, 3.05) is 0 Å². The molecule has 0 fully saturated rings. The van der Waals surface area contributed by atoms with Gasteiger partial charge in [-0.15, -0.1) is 11.3 Å². The second-order valence-corrected chi connectivity index (χ2v) is 5.63. The fourth-order valence-electron chi connectivity index (χ4n) is 1.23. The Morgan fingerprint density at radius 2 is 2.06 bits per heavy atom. The van der Waals surface area contributed by atoms with Gasteiger partial charge < -0.3 is 24.0 Å². The van der Waals surface area contributed by atoms with Crippen LogP contribution in [0.25, 0.3) is 11.3 Å². The van der Waals surface area contributed by atoms with E-state index >= 15 is 0 Å². The lowest BCUT2D eigenvalue weighted by molar-refractivity contribution is -0.671. The predicted octanol–water partition coefficient (Wildman–Crippen LogP) is -0.723. The molecule has 2 aromatic rings. The maximum Gasteiger partial charge on any atom is 0.192 e. The molecule has 0 aromatic carbocycles. The Bertz CT molecular complexity index is 510. The van der Waals surface area contributed by atoms with Crippen LogP contribution in [0.5, 0.6) is 0 Å². The number of hydrogen-bond acceptors (Lipinski definition) is 4. The summed E-state index contributed by atoms with van der Waals surface area (Å²) in [6, 6.07) is 4.02. The van der Waals surface area contributed by atoms with Gasteiger partial charge in [-0.25, -0.2) is 9.55 Å². The Morgan fingerprint density at radius 1 is 1.41 bits per heavy atom. The van der Waals surface area contributed by atoms with Crippen LogP contribution in [0.4, 0.5) is 0 Å². The van der Waals surface area contributed by atoms with Crippen LogP contribution in [0, 0.1) is 0 Å². The fourth-order valence-corrected chi connectivity index (χ4v) is 2.86. The van der Waals surface area contributed by atoms with Crippen molar-refractivity contribution in [3.63, 3.8) is 0 Å². The first-order valence-electron chi connectivity index (χ1n) is 4.75. The largest absolute Gasteiger partial charge is 1.00 e. The normalized spacial score (nSPS) is 9.76. The molecule has 0 bridgehead atoms. The number of aromatic nitrogens is 2. The van der Waals surface area contributed by atoms with Gasteiger partial charge >= 0.3 is 0 Å². The van der Waals surface area contributed by atoms with Gasteiger partial charge in [-0.3, -0.25) is 4.79 Å². The summed E-state index contributed by atoms with van der Waals surface area (Å²) in [7, 11) is 1.97. The molecule has 0 saturated carbocycles. The van der Waals surface area contributed by atoms with E-state index in [1.807, 2.05) is 41.5 Å². The quantitative estimate of drug-likeness (QED) is 0.393. The minimum atomic E-state index is 0. The van der Waals surface area contributed by atoms with Gasteiger partial charge in [0.2, 0.25) is 0 Å². The van der Waals surface area contributed by atoms with E-state index in [0.29, 0.717) is 0 Å². The Labute approximate surface area is 125 Å². The summed E-state index contributed by atoms with van der Waals surface area (Å²) in [5.41, 5.74) is 2.00. The van der Waals surface area contributed by atoms with Gasteiger partial charge in [0.1, 0.15) is 7.05 Å². The number of carbonyl (C=O) groups excluding carboxylic acids is 1.